The van der Waals surface area contributed by atoms with Gasteiger partial charge in [-0.2, -0.15) is 0 Å². The van der Waals surface area contributed by atoms with E-state index in [4.69, 9.17) is 4.74 Å². The van der Waals surface area contributed by atoms with Gasteiger partial charge in [-0.05, 0) is 44.2 Å². The molecule has 0 unspecified atom stereocenters. The van der Waals surface area contributed by atoms with Crippen molar-refractivity contribution in [1.82, 2.24) is 5.32 Å². The molecule has 1 aromatic carbocycles. The van der Waals surface area contributed by atoms with Crippen LogP contribution in [0.25, 0.3) is 0 Å². The van der Waals surface area contributed by atoms with Crippen molar-refractivity contribution in [3.05, 3.63) is 35.4 Å². The molecule has 2 nitrogen and oxygen atoms in total. The van der Waals surface area contributed by atoms with Gasteiger partial charge in [0.25, 0.3) is 0 Å². The molecule has 2 heteroatoms. The molecule has 1 fully saturated rings. The molecule has 20 heavy (non-hydrogen) atoms. The molecule has 1 saturated carbocycles. The summed E-state index contributed by atoms with van der Waals surface area (Å²) in [6.45, 7) is 9.16. The number of ether oxygens (including phenoxy) is 1. The highest BCUT2D eigenvalue weighted by atomic mass is 16.5. The van der Waals surface area contributed by atoms with E-state index in [-0.39, 0.29) is 5.54 Å². The molecule has 0 atom stereocenters. The average Bonchev–Trinajstić information content (AvgIpc) is 2.34. The summed E-state index contributed by atoms with van der Waals surface area (Å²) < 4.78 is 5.87. The Hall–Kier alpha value is -0.860. The minimum atomic E-state index is 0.151. The Morgan fingerprint density at radius 1 is 1.15 bits per heavy atom. The highest BCUT2D eigenvalue weighted by Crippen LogP contribution is 2.29. The maximum absolute atomic E-state index is 5.87. The van der Waals surface area contributed by atoms with Crippen molar-refractivity contribution >= 4 is 0 Å². The largest absolute Gasteiger partial charge is 0.377 e. The van der Waals surface area contributed by atoms with Crippen LogP contribution in [0.1, 0.15) is 57.6 Å². The topological polar surface area (TPSA) is 21.3 Å². The highest BCUT2D eigenvalue weighted by Gasteiger charge is 2.16. The van der Waals surface area contributed by atoms with E-state index in [1.165, 1.54) is 36.8 Å². The van der Waals surface area contributed by atoms with E-state index in [9.17, 15) is 0 Å². The van der Waals surface area contributed by atoms with Crippen molar-refractivity contribution < 1.29 is 4.74 Å². The number of benzene rings is 1. The third-order valence-electron chi connectivity index (χ3n) is 4.08. The molecular weight excluding hydrogens is 246 g/mol. The molecule has 0 aliphatic heterocycles. The van der Waals surface area contributed by atoms with Crippen LogP contribution in [0.15, 0.2) is 24.3 Å². The molecule has 2 rings (SSSR count). The van der Waals surface area contributed by atoms with Crippen molar-refractivity contribution in [1.29, 1.82) is 0 Å². The van der Waals surface area contributed by atoms with E-state index in [1.807, 2.05) is 0 Å². The van der Waals surface area contributed by atoms with Crippen molar-refractivity contribution in [2.45, 2.75) is 65.1 Å². The Morgan fingerprint density at radius 3 is 2.45 bits per heavy atom. The first-order chi connectivity index (χ1) is 9.54. The maximum atomic E-state index is 5.87. The molecule has 0 amide bonds. The van der Waals surface area contributed by atoms with Crippen molar-refractivity contribution in [2.75, 3.05) is 6.61 Å². The quantitative estimate of drug-likeness (QED) is 0.750. The van der Waals surface area contributed by atoms with Gasteiger partial charge in [-0.25, -0.2) is 0 Å². The van der Waals surface area contributed by atoms with Crippen molar-refractivity contribution in [3.8, 4) is 0 Å². The van der Waals surface area contributed by atoms with Gasteiger partial charge in [-0.15, -0.1) is 0 Å². The number of nitrogens with one attached hydrogen (secondary N) is 1. The van der Waals surface area contributed by atoms with Crippen LogP contribution < -0.4 is 5.32 Å². The number of rotatable bonds is 7. The van der Waals surface area contributed by atoms with Crippen LogP contribution in [-0.4, -0.2) is 12.1 Å². The van der Waals surface area contributed by atoms with Gasteiger partial charge in [-0.3, -0.25) is 0 Å². The van der Waals surface area contributed by atoms with Gasteiger partial charge >= 0.3 is 0 Å². The lowest BCUT2D eigenvalue weighted by Crippen LogP contribution is -2.35. The minimum absolute atomic E-state index is 0.151. The zero-order valence-corrected chi connectivity index (χ0v) is 13.2. The Morgan fingerprint density at radius 2 is 1.85 bits per heavy atom. The van der Waals surface area contributed by atoms with Crippen molar-refractivity contribution in [3.63, 3.8) is 0 Å². The summed E-state index contributed by atoms with van der Waals surface area (Å²) in [5.41, 5.74) is 2.82. The smallest absolute Gasteiger partial charge is 0.0720 e. The first kappa shape index (κ1) is 15.5. The SMILES string of the molecule is CC(C)(C)NCc1ccccc1COCCC1CCC1. The molecule has 0 bridgehead atoms. The summed E-state index contributed by atoms with van der Waals surface area (Å²) in [6.07, 6.45) is 5.49. The molecule has 112 valence electrons. The molecule has 1 aliphatic carbocycles. The Labute approximate surface area is 123 Å². The molecule has 0 aromatic heterocycles. The van der Waals surface area contributed by atoms with Gasteiger partial charge < -0.3 is 10.1 Å². The van der Waals surface area contributed by atoms with Gasteiger partial charge in [0.1, 0.15) is 0 Å². The van der Waals surface area contributed by atoms with E-state index in [0.29, 0.717) is 0 Å². The predicted molar refractivity (Wildman–Crippen MR) is 84.6 cm³/mol. The number of hydrogen-bond donors (Lipinski definition) is 1. The van der Waals surface area contributed by atoms with Crippen LogP contribution in [0.4, 0.5) is 0 Å². The summed E-state index contributed by atoms with van der Waals surface area (Å²) in [5, 5.41) is 3.55. The second-order valence-corrected chi connectivity index (χ2v) is 7.01. The molecule has 1 aromatic rings. The molecule has 0 heterocycles. The molecule has 0 saturated heterocycles. The van der Waals surface area contributed by atoms with Gasteiger partial charge in [0.15, 0.2) is 0 Å². The zero-order chi connectivity index (χ0) is 14.4. The monoisotopic (exact) mass is 275 g/mol. The standard InChI is InChI=1S/C18H29NO/c1-18(2,3)19-13-16-9-4-5-10-17(16)14-20-12-11-15-7-6-8-15/h4-5,9-10,15,19H,6-8,11-14H2,1-3H3. The van der Waals surface area contributed by atoms with Crippen LogP contribution >= 0.6 is 0 Å². The minimum Gasteiger partial charge on any atom is -0.377 e. The fourth-order valence-electron chi connectivity index (χ4n) is 2.44. The maximum Gasteiger partial charge on any atom is 0.0720 e. The third kappa shape index (κ3) is 5.26. The van der Waals surface area contributed by atoms with Crippen LogP contribution in [0.3, 0.4) is 0 Å². The van der Waals surface area contributed by atoms with E-state index in [1.54, 1.807) is 0 Å². The lowest BCUT2D eigenvalue weighted by molar-refractivity contribution is 0.0944. The Kier molecular flexibility index (Phi) is 5.62. The van der Waals surface area contributed by atoms with Gasteiger partial charge in [0, 0.05) is 18.7 Å². The van der Waals surface area contributed by atoms with E-state index in [2.05, 4.69) is 50.4 Å². The summed E-state index contributed by atoms with van der Waals surface area (Å²) in [7, 11) is 0. The first-order valence-electron chi connectivity index (χ1n) is 7.94. The summed E-state index contributed by atoms with van der Waals surface area (Å²) in [5.74, 6) is 0.938. The van der Waals surface area contributed by atoms with E-state index >= 15 is 0 Å². The van der Waals surface area contributed by atoms with E-state index in [0.717, 1.165) is 25.7 Å². The Balaban J connectivity index is 1.77. The van der Waals surface area contributed by atoms with Crippen LogP contribution in [0.2, 0.25) is 0 Å². The fourth-order valence-corrected chi connectivity index (χ4v) is 2.44. The lowest BCUT2D eigenvalue weighted by Gasteiger charge is -2.25. The molecular formula is C18H29NO. The van der Waals surface area contributed by atoms with Crippen LogP contribution in [0.5, 0.6) is 0 Å². The van der Waals surface area contributed by atoms with Gasteiger partial charge in [-0.1, -0.05) is 43.5 Å². The van der Waals surface area contributed by atoms with Gasteiger partial charge in [0.05, 0.1) is 6.61 Å². The normalized spacial score (nSPS) is 16.1. The zero-order valence-electron chi connectivity index (χ0n) is 13.2. The number of hydrogen-bond acceptors (Lipinski definition) is 2. The van der Waals surface area contributed by atoms with Crippen LogP contribution in [-0.2, 0) is 17.9 Å². The molecule has 1 N–H and O–H groups in total. The van der Waals surface area contributed by atoms with Crippen LogP contribution in [0, 0.1) is 5.92 Å². The first-order valence-corrected chi connectivity index (χ1v) is 7.94. The molecule has 0 radical (unpaired) electrons. The molecule has 1 aliphatic rings. The fraction of sp³-hybridized carbons (Fsp3) is 0.667. The summed E-state index contributed by atoms with van der Waals surface area (Å²) >= 11 is 0. The summed E-state index contributed by atoms with van der Waals surface area (Å²) in [4.78, 5) is 0. The third-order valence-corrected chi connectivity index (χ3v) is 4.08. The molecule has 0 spiro atoms. The predicted octanol–water partition coefficient (Wildman–Crippen LogP) is 4.28. The van der Waals surface area contributed by atoms with E-state index < -0.39 is 0 Å². The lowest BCUT2D eigenvalue weighted by atomic mass is 9.83. The highest BCUT2D eigenvalue weighted by molar-refractivity contribution is 5.26. The Bertz CT molecular complexity index is 404. The second-order valence-electron chi connectivity index (χ2n) is 7.01. The summed E-state index contributed by atoms with van der Waals surface area (Å²) in [6, 6.07) is 8.59. The van der Waals surface area contributed by atoms with Crippen molar-refractivity contribution in [2.24, 2.45) is 5.92 Å². The van der Waals surface area contributed by atoms with Gasteiger partial charge in [0.2, 0.25) is 0 Å². The second kappa shape index (κ2) is 7.24. The average molecular weight is 275 g/mol.